The second-order valence-electron chi connectivity index (χ2n) is 6.10. The summed E-state index contributed by atoms with van der Waals surface area (Å²) in [5.41, 5.74) is 0.970. The fraction of sp³-hybridized carbons (Fsp3) is 0.615. The van der Waals surface area contributed by atoms with Crippen LogP contribution in [-0.2, 0) is 15.3 Å². The third-order valence-corrected chi connectivity index (χ3v) is 5.31. The van der Waals surface area contributed by atoms with Crippen LogP contribution in [0.5, 0.6) is 0 Å². The molecule has 0 radical (unpaired) electrons. The van der Waals surface area contributed by atoms with Crippen LogP contribution in [0.2, 0.25) is 5.02 Å². The molecule has 0 aromatic carbocycles. The van der Waals surface area contributed by atoms with Crippen molar-refractivity contribution in [3.05, 3.63) is 22.8 Å². The van der Waals surface area contributed by atoms with E-state index in [0.717, 1.165) is 5.56 Å². The summed E-state index contributed by atoms with van der Waals surface area (Å²) in [7, 11) is -2.97. The summed E-state index contributed by atoms with van der Waals surface area (Å²) >= 11 is 6.41. The molecule has 2 rings (SSSR count). The van der Waals surface area contributed by atoms with E-state index in [9.17, 15) is 8.42 Å². The molecule has 19 heavy (non-hydrogen) atoms. The lowest BCUT2D eigenvalue weighted by molar-refractivity contribution is 0.542. The van der Waals surface area contributed by atoms with E-state index in [1.54, 1.807) is 6.20 Å². The Kier molecular flexibility index (Phi) is 3.56. The van der Waals surface area contributed by atoms with Crippen molar-refractivity contribution >= 4 is 27.3 Å². The maximum absolute atomic E-state index is 11.4. The van der Waals surface area contributed by atoms with Crippen LogP contribution in [0.25, 0.3) is 0 Å². The summed E-state index contributed by atoms with van der Waals surface area (Å²) in [4.78, 5) is 6.21. The highest BCUT2D eigenvalue weighted by Crippen LogP contribution is 2.36. The number of sulfone groups is 1. The first-order valence-corrected chi connectivity index (χ1v) is 8.53. The number of nitrogens with zero attached hydrogens (tertiary/aromatic N) is 2. The van der Waals surface area contributed by atoms with Gasteiger partial charge >= 0.3 is 0 Å². The normalized spacial score (nSPS) is 17.4. The highest BCUT2D eigenvalue weighted by molar-refractivity contribution is 7.91. The molecule has 1 aliphatic heterocycles. The van der Waals surface area contributed by atoms with Crippen LogP contribution in [0.3, 0.4) is 0 Å². The first-order chi connectivity index (χ1) is 8.60. The summed E-state index contributed by atoms with van der Waals surface area (Å²) in [5.74, 6) is 0.689. The van der Waals surface area contributed by atoms with Gasteiger partial charge in [-0.15, -0.1) is 0 Å². The molecule has 1 fully saturated rings. The monoisotopic (exact) mass is 302 g/mol. The Labute approximate surface area is 119 Å². The Morgan fingerprint density at radius 3 is 2.42 bits per heavy atom. The SMILES string of the molecule is CC(C)(C)c1ccnc(N2CC(S(C)(=O)=O)C2)c1Cl. The Bertz CT molecular complexity index is 587. The van der Waals surface area contributed by atoms with Crippen molar-refractivity contribution in [3.8, 4) is 0 Å². The number of hydrogen-bond acceptors (Lipinski definition) is 4. The maximum Gasteiger partial charge on any atom is 0.153 e. The molecular weight excluding hydrogens is 284 g/mol. The Morgan fingerprint density at radius 2 is 1.95 bits per heavy atom. The van der Waals surface area contributed by atoms with E-state index in [2.05, 4.69) is 25.8 Å². The number of pyridine rings is 1. The first-order valence-electron chi connectivity index (χ1n) is 6.19. The van der Waals surface area contributed by atoms with Gasteiger partial charge in [0.1, 0.15) is 5.82 Å². The molecule has 0 aliphatic carbocycles. The van der Waals surface area contributed by atoms with Gasteiger partial charge < -0.3 is 4.90 Å². The minimum absolute atomic E-state index is 0.0596. The summed E-state index contributed by atoms with van der Waals surface area (Å²) < 4.78 is 22.8. The van der Waals surface area contributed by atoms with Crippen molar-refractivity contribution in [2.75, 3.05) is 24.2 Å². The standard InChI is InChI=1S/C13H19ClN2O2S/c1-13(2,3)10-5-6-15-12(11(10)14)16-7-9(8-16)19(4,17)18/h5-6,9H,7-8H2,1-4H3. The van der Waals surface area contributed by atoms with E-state index in [4.69, 9.17) is 11.6 Å². The first kappa shape index (κ1) is 14.6. The second-order valence-corrected chi connectivity index (χ2v) is 8.81. The second kappa shape index (κ2) is 4.63. The molecule has 106 valence electrons. The van der Waals surface area contributed by atoms with E-state index in [-0.39, 0.29) is 10.7 Å². The van der Waals surface area contributed by atoms with Crippen molar-refractivity contribution in [1.29, 1.82) is 0 Å². The van der Waals surface area contributed by atoms with Gasteiger partial charge in [-0.05, 0) is 17.0 Å². The van der Waals surface area contributed by atoms with Gasteiger partial charge in [0, 0.05) is 25.5 Å². The van der Waals surface area contributed by atoms with Crippen LogP contribution in [0.4, 0.5) is 5.82 Å². The number of rotatable bonds is 2. The van der Waals surface area contributed by atoms with Crippen LogP contribution >= 0.6 is 11.6 Å². The molecule has 0 saturated carbocycles. The summed E-state index contributed by atoms with van der Waals surface area (Å²) in [6, 6.07) is 1.92. The lowest BCUT2D eigenvalue weighted by atomic mass is 9.87. The van der Waals surface area contributed by atoms with Gasteiger partial charge in [0.2, 0.25) is 0 Å². The molecular formula is C13H19ClN2O2S. The molecule has 0 spiro atoms. The van der Waals surface area contributed by atoms with Gasteiger partial charge in [0.15, 0.2) is 9.84 Å². The van der Waals surface area contributed by atoms with Gasteiger partial charge in [-0.2, -0.15) is 0 Å². The van der Waals surface area contributed by atoms with Crippen molar-refractivity contribution in [1.82, 2.24) is 4.98 Å². The highest BCUT2D eigenvalue weighted by Gasteiger charge is 2.36. The smallest absolute Gasteiger partial charge is 0.153 e. The fourth-order valence-corrected chi connectivity index (χ4v) is 3.53. The molecule has 6 heteroatoms. The molecule has 4 nitrogen and oxygen atoms in total. The summed E-state index contributed by atoms with van der Waals surface area (Å²) in [6.45, 7) is 7.21. The molecule has 2 heterocycles. The molecule has 0 amide bonds. The minimum Gasteiger partial charge on any atom is -0.353 e. The van der Waals surface area contributed by atoms with Gasteiger partial charge in [-0.3, -0.25) is 0 Å². The zero-order valence-corrected chi connectivity index (χ0v) is 13.2. The molecule has 0 atom stereocenters. The van der Waals surface area contributed by atoms with E-state index in [1.807, 2.05) is 11.0 Å². The zero-order chi connectivity index (χ0) is 14.4. The number of anilines is 1. The van der Waals surface area contributed by atoms with Gasteiger partial charge in [-0.1, -0.05) is 32.4 Å². The summed E-state index contributed by atoms with van der Waals surface area (Å²) in [5, 5.41) is 0.325. The van der Waals surface area contributed by atoms with E-state index >= 15 is 0 Å². The lowest BCUT2D eigenvalue weighted by Gasteiger charge is -2.39. The van der Waals surface area contributed by atoms with Crippen molar-refractivity contribution in [2.24, 2.45) is 0 Å². The molecule has 1 aliphatic rings. The third kappa shape index (κ3) is 2.87. The predicted molar refractivity (Wildman–Crippen MR) is 78.8 cm³/mol. The Hall–Kier alpha value is -0.810. The quantitative estimate of drug-likeness (QED) is 0.841. The summed E-state index contributed by atoms with van der Waals surface area (Å²) in [6.07, 6.45) is 3.01. The molecule has 0 unspecified atom stereocenters. The van der Waals surface area contributed by atoms with Crippen molar-refractivity contribution in [2.45, 2.75) is 31.4 Å². The van der Waals surface area contributed by atoms with Crippen molar-refractivity contribution in [3.63, 3.8) is 0 Å². The third-order valence-electron chi connectivity index (χ3n) is 3.43. The van der Waals surface area contributed by atoms with Gasteiger partial charge in [0.25, 0.3) is 0 Å². The molecule has 1 aromatic rings. The molecule has 0 bridgehead atoms. The number of halogens is 1. The van der Waals surface area contributed by atoms with E-state index < -0.39 is 9.84 Å². The maximum atomic E-state index is 11.4. The minimum atomic E-state index is -2.97. The zero-order valence-electron chi connectivity index (χ0n) is 11.6. The molecule has 1 aromatic heterocycles. The largest absolute Gasteiger partial charge is 0.353 e. The Morgan fingerprint density at radius 1 is 1.37 bits per heavy atom. The molecule has 1 saturated heterocycles. The van der Waals surface area contributed by atoms with Gasteiger partial charge in [-0.25, -0.2) is 13.4 Å². The van der Waals surface area contributed by atoms with Gasteiger partial charge in [0.05, 0.1) is 10.3 Å². The van der Waals surface area contributed by atoms with E-state index in [0.29, 0.717) is 23.9 Å². The number of hydrogen-bond donors (Lipinski definition) is 0. The van der Waals surface area contributed by atoms with E-state index in [1.165, 1.54) is 6.26 Å². The van der Waals surface area contributed by atoms with Crippen LogP contribution < -0.4 is 4.90 Å². The fourth-order valence-electron chi connectivity index (χ4n) is 2.11. The lowest BCUT2D eigenvalue weighted by Crippen LogP contribution is -2.55. The average molecular weight is 303 g/mol. The van der Waals surface area contributed by atoms with Crippen molar-refractivity contribution < 1.29 is 8.42 Å². The topological polar surface area (TPSA) is 50.3 Å². The predicted octanol–water partition coefficient (Wildman–Crippen LogP) is 2.27. The van der Waals surface area contributed by atoms with Crippen LogP contribution in [0.1, 0.15) is 26.3 Å². The average Bonchev–Trinajstić information content (AvgIpc) is 2.14. The number of aromatic nitrogens is 1. The van der Waals surface area contributed by atoms with Crippen LogP contribution in [-0.4, -0.2) is 38.0 Å². The molecule has 0 N–H and O–H groups in total. The Balaban J connectivity index is 2.25. The van der Waals surface area contributed by atoms with Crippen LogP contribution in [0.15, 0.2) is 12.3 Å². The highest BCUT2D eigenvalue weighted by atomic mass is 35.5. The van der Waals surface area contributed by atoms with Crippen LogP contribution in [0, 0.1) is 0 Å².